The molecular formula is C12H16N2O4S. The van der Waals surface area contributed by atoms with E-state index in [0.717, 1.165) is 12.8 Å². The molecule has 2 rings (SSSR count). The molecule has 0 saturated heterocycles. The number of carbonyl (C=O) groups excluding carboxylic acids is 1. The quantitative estimate of drug-likeness (QED) is 0.806. The van der Waals surface area contributed by atoms with Gasteiger partial charge < -0.3 is 10.1 Å². The van der Waals surface area contributed by atoms with Crippen LogP contribution in [0.25, 0.3) is 0 Å². The van der Waals surface area contributed by atoms with Gasteiger partial charge in [-0.15, -0.1) is 0 Å². The van der Waals surface area contributed by atoms with Crippen LogP contribution < -0.4 is 10.0 Å². The summed E-state index contributed by atoms with van der Waals surface area (Å²) in [7, 11) is -2.08. The summed E-state index contributed by atoms with van der Waals surface area (Å²) in [5.41, 5.74) is 0.431. The standard InChI is InChI=1S/C12H16N2O4S/c1-18-8-12(15)13-10-3-2-4-11(7-10)19(16,17)14-9-5-6-9/h2-4,7,9,14H,5-6,8H2,1H3,(H,13,15). The van der Waals surface area contributed by atoms with E-state index in [4.69, 9.17) is 4.74 Å². The Morgan fingerprint density at radius 1 is 1.42 bits per heavy atom. The normalized spacial score (nSPS) is 15.2. The zero-order valence-corrected chi connectivity index (χ0v) is 11.4. The van der Waals surface area contributed by atoms with Gasteiger partial charge in [0, 0.05) is 18.8 Å². The van der Waals surface area contributed by atoms with Crippen molar-refractivity contribution in [1.82, 2.24) is 4.72 Å². The smallest absolute Gasteiger partial charge is 0.250 e. The highest BCUT2D eigenvalue weighted by molar-refractivity contribution is 7.89. The monoisotopic (exact) mass is 284 g/mol. The Morgan fingerprint density at radius 3 is 2.79 bits per heavy atom. The van der Waals surface area contributed by atoms with Crippen LogP contribution in [0, 0.1) is 0 Å². The van der Waals surface area contributed by atoms with Crippen LogP contribution in [-0.4, -0.2) is 34.1 Å². The van der Waals surface area contributed by atoms with E-state index >= 15 is 0 Å². The lowest BCUT2D eigenvalue weighted by molar-refractivity contribution is -0.119. The summed E-state index contributed by atoms with van der Waals surface area (Å²) in [6.45, 7) is -0.0721. The first-order chi connectivity index (χ1) is 9.01. The Labute approximate surface area is 112 Å². The molecule has 104 valence electrons. The van der Waals surface area contributed by atoms with Crippen molar-refractivity contribution in [3.8, 4) is 0 Å². The molecule has 7 heteroatoms. The summed E-state index contributed by atoms with van der Waals surface area (Å²) < 4.78 is 31.3. The Kier molecular flexibility index (Phi) is 4.18. The van der Waals surface area contributed by atoms with E-state index in [0.29, 0.717) is 5.69 Å². The van der Waals surface area contributed by atoms with Gasteiger partial charge in [-0.25, -0.2) is 13.1 Å². The second-order valence-corrected chi connectivity index (χ2v) is 6.12. The predicted molar refractivity (Wildman–Crippen MR) is 70.3 cm³/mol. The van der Waals surface area contributed by atoms with Gasteiger partial charge in [-0.2, -0.15) is 0 Å². The minimum atomic E-state index is -3.50. The van der Waals surface area contributed by atoms with E-state index in [1.54, 1.807) is 12.1 Å². The fourth-order valence-electron chi connectivity index (χ4n) is 1.56. The second-order valence-electron chi connectivity index (χ2n) is 4.40. The van der Waals surface area contributed by atoms with Crippen LogP contribution in [0.5, 0.6) is 0 Å². The summed E-state index contributed by atoms with van der Waals surface area (Å²) in [6, 6.07) is 6.19. The highest BCUT2D eigenvalue weighted by Gasteiger charge is 2.28. The van der Waals surface area contributed by atoms with E-state index in [1.807, 2.05) is 0 Å². The lowest BCUT2D eigenvalue weighted by atomic mass is 10.3. The first-order valence-electron chi connectivity index (χ1n) is 5.92. The fraction of sp³-hybridized carbons (Fsp3) is 0.417. The lowest BCUT2D eigenvalue weighted by Gasteiger charge is -2.08. The third kappa shape index (κ3) is 4.02. The number of rotatable bonds is 6. The molecule has 0 bridgehead atoms. The summed E-state index contributed by atoms with van der Waals surface area (Å²) in [5.74, 6) is -0.327. The topological polar surface area (TPSA) is 84.5 Å². The number of ether oxygens (including phenoxy) is 1. The van der Waals surface area contributed by atoms with Gasteiger partial charge in [0.2, 0.25) is 15.9 Å². The summed E-state index contributed by atoms with van der Waals surface area (Å²) in [6.07, 6.45) is 1.76. The molecule has 0 atom stereocenters. The second kappa shape index (κ2) is 5.68. The van der Waals surface area contributed by atoms with E-state index in [2.05, 4.69) is 10.0 Å². The molecule has 0 aromatic heterocycles. The highest BCUT2D eigenvalue weighted by atomic mass is 32.2. The molecule has 0 radical (unpaired) electrons. The molecule has 1 aliphatic rings. The molecule has 6 nitrogen and oxygen atoms in total. The SMILES string of the molecule is COCC(=O)Nc1cccc(S(=O)(=O)NC2CC2)c1. The van der Waals surface area contributed by atoms with E-state index < -0.39 is 10.0 Å². The van der Waals surface area contributed by atoms with Gasteiger partial charge in [-0.05, 0) is 31.0 Å². The van der Waals surface area contributed by atoms with Crippen molar-refractivity contribution in [2.45, 2.75) is 23.8 Å². The van der Waals surface area contributed by atoms with Crippen LogP contribution >= 0.6 is 0 Å². The number of sulfonamides is 1. The average Bonchev–Trinajstić information content (AvgIpc) is 3.13. The Balaban J connectivity index is 2.11. The number of nitrogens with one attached hydrogen (secondary N) is 2. The van der Waals surface area contributed by atoms with Gasteiger partial charge >= 0.3 is 0 Å². The van der Waals surface area contributed by atoms with Crippen molar-refractivity contribution in [3.63, 3.8) is 0 Å². The average molecular weight is 284 g/mol. The Bertz CT molecular complexity index is 567. The van der Waals surface area contributed by atoms with Crippen LogP contribution in [0.2, 0.25) is 0 Å². The van der Waals surface area contributed by atoms with Crippen LogP contribution in [0.1, 0.15) is 12.8 Å². The van der Waals surface area contributed by atoms with Crippen molar-refractivity contribution < 1.29 is 17.9 Å². The first-order valence-corrected chi connectivity index (χ1v) is 7.41. The molecular weight excluding hydrogens is 268 g/mol. The van der Waals surface area contributed by atoms with Gasteiger partial charge in [0.25, 0.3) is 0 Å². The van der Waals surface area contributed by atoms with Crippen LogP contribution in [0.4, 0.5) is 5.69 Å². The van der Waals surface area contributed by atoms with E-state index in [9.17, 15) is 13.2 Å². The molecule has 0 unspecified atom stereocenters. The fourth-order valence-corrected chi connectivity index (χ4v) is 2.91. The third-order valence-electron chi connectivity index (χ3n) is 2.60. The van der Waals surface area contributed by atoms with E-state index in [1.165, 1.54) is 19.2 Å². The molecule has 1 amide bonds. The van der Waals surface area contributed by atoms with Crippen LogP contribution in [0.3, 0.4) is 0 Å². The van der Waals surface area contributed by atoms with Crippen molar-refractivity contribution >= 4 is 21.6 Å². The number of hydrogen-bond acceptors (Lipinski definition) is 4. The van der Waals surface area contributed by atoms with Gasteiger partial charge in [0.05, 0.1) is 4.90 Å². The molecule has 1 aromatic rings. The summed E-state index contributed by atoms with van der Waals surface area (Å²) in [4.78, 5) is 11.5. The zero-order valence-electron chi connectivity index (χ0n) is 10.5. The first kappa shape index (κ1) is 14.0. The maximum Gasteiger partial charge on any atom is 0.250 e. The number of hydrogen-bond donors (Lipinski definition) is 2. The predicted octanol–water partition coefficient (Wildman–Crippen LogP) is 0.712. The maximum atomic E-state index is 12.0. The minimum Gasteiger partial charge on any atom is -0.375 e. The zero-order chi connectivity index (χ0) is 13.9. The van der Waals surface area contributed by atoms with Crippen LogP contribution in [-0.2, 0) is 19.6 Å². The number of benzene rings is 1. The largest absolute Gasteiger partial charge is 0.375 e. The number of amides is 1. The van der Waals surface area contributed by atoms with Crippen molar-refractivity contribution in [2.24, 2.45) is 0 Å². The molecule has 1 aromatic carbocycles. The maximum absolute atomic E-state index is 12.0. The molecule has 19 heavy (non-hydrogen) atoms. The Morgan fingerprint density at radius 2 is 2.16 bits per heavy atom. The van der Waals surface area contributed by atoms with Crippen molar-refractivity contribution in [3.05, 3.63) is 24.3 Å². The summed E-state index contributed by atoms with van der Waals surface area (Å²) in [5, 5.41) is 2.57. The minimum absolute atomic E-state index is 0.0525. The molecule has 0 spiro atoms. The van der Waals surface area contributed by atoms with Gasteiger partial charge in [-0.3, -0.25) is 4.79 Å². The Hall–Kier alpha value is -1.44. The molecule has 0 heterocycles. The van der Waals surface area contributed by atoms with Crippen LogP contribution in [0.15, 0.2) is 29.2 Å². The highest BCUT2D eigenvalue weighted by Crippen LogP contribution is 2.23. The van der Waals surface area contributed by atoms with E-state index in [-0.39, 0.29) is 23.5 Å². The third-order valence-corrected chi connectivity index (χ3v) is 4.12. The lowest BCUT2D eigenvalue weighted by Crippen LogP contribution is -2.26. The molecule has 1 aliphatic carbocycles. The van der Waals surface area contributed by atoms with Gasteiger partial charge in [0.1, 0.15) is 6.61 Å². The number of carbonyl (C=O) groups is 1. The number of methoxy groups -OCH3 is 1. The van der Waals surface area contributed by atoms with Crippen molar-refractivity contribution in [2.75, 3.05) is 19.0 Å². The summed E-state index contributed by atoms with van der Waals surface area (Å²) >= 11 is 0. The van der Waals surface area contributed by atoms with Gasteiger partial charge in [0.15, 0.2) is 0 Å². The van der Waals surface area contributed by atoms with Crippen molar-refractivity contribution in [1.29, 1.82) is 0 Å². The number of anilines is 1. The molecule has 1 saturated carbocycles. The van der Waals surface area contributed by atoms with Gasteiger partial charge in [-0.1, -0.05) is 6.07 Å². The molecule has 1 fully saturated rings. The molecule has 0 aliphatic heterocycles. The molecule has 2 N–H and O–H groups in total.